The minimum atomic E-state index is -3.85. The van der Waals surface area contributed by atoms with Gasteiger partial charge in [0.25, 0.3) is 0 Å². The lowest BCUT2D eigenvalue weighted by Crippen LogP contribution is -2.43. The third-order valence-electron chi connectivity index (χ3n) is 5.03. The van der Waals surface area contributed by atoms with E-state index in [1.54, 1.807) is 24.1 Å². The number of anilines is 1. The molecule has 9 heteroatoms. The third kappa shape index (κ3) is 4.91. The number of hydrogen-bond acceptors (Lipinski definition) is 6. The molecular weight excluding hydrogens is 404 g/mol. The zero-order valence-electron chi connectivity index (χ0n) is 17.8. The summed E-state index contributed by atoms with van der Waals surface area (Å²) < 4.78 is 33.3. The summed E-state index contributed by atoms with van der Waals surface area (Å²) in [4.78, 5) is 14.6. The van der Waals surface area contributed by atoms with E-state index < -0.39 is 15.9 Å². The molecule has 0 unspecified atom stereocenters. The van der Waals surface area contributed by atoms with E-state index in [9.17, 15) is 13.2 Å². The molecule has 0 bridgehead atoms. The van der Waals surface area contributed by atoms with Gasteiger partial charge in [0.1, 0.15) is 5.69 Å². The van der Waals surface area contributed by atoms with Gasteiger partial charge in [0.05, 0.1) is 5.92 Å². The quantitative estimate of drug-likeness (QED) is 0.754. The minimum absolute atomic E-state index is 0.0557. The topological polar surface area (TPSA) is 95.8 Å². The van der Waals surface area contributed by atoms with Gasteiger partial charge in [0, 0.05) is 45.1 Å². The number of aryl methyl sites for hydroxylation is 2. The van der Waals surface area contributed by atoms with Crippen LogP contribution in [-0.2, 0) is 14.8 Å². The van der Waals surface area contributed by atoms with Gasteiger partial charge >= 0.3 is 0 Å². The largest absolute Gasteiger partial charge is 0.383 e. The van der Waals surface area contributed by atoms with Crippen molar-refractivity contribution in [2.45, 2.75) is 31.6 Å². The Bertz CT molecular complexity index is 1030. The molecule has 30 heavy (non-hydrogen) atoms. The van der Waals surface area contributed by atoms with Gasteiger partial charge in [-0.2, -0.15) is 4.31 Å². The van der Waals surface area contributed by atoms with E-state index in [1.807, 2.05) is 45.3 Å². The Morgan fingerprint density at radius 1 is 1.27 bits per heavy atom. The molecule has 0 radical (unpaired) electrons. The van der Waals surface area contributed by atoms with Crippen LogP contribution in [0.2, 0.25) is 0 Å². The second-order valence-electron chi connectivity index (χ2n) is 7.80. The number of carbonyl (C=O) groups is 1. The molecule has 0 spiro atoms. The lowest BCUT2D eigenvalue weighted by atomic mass is 9.98. The molecule has 0 aliphatic carbocycles. The highest BCUT2D eigenvalue weighted by atomic mass is 32.2. The first-order valence-corrected chi connectivity index (χ1v) is 11.3. The molecule has 1 aromatic heterocycles. The maximum atomic E-state index is 13.3. The van der Waals surface area contributed by atoms with Crippen LogP contribution in [0.15, 0.2) is 39.9 Å². The Balaban J connectivity index is 1.78. The number of amides is 1. The molecule has 1 fully saturated rings. The summed E-state index contributed by atoms with van der Waals surface area (Å²) in [7, 11) is -0.187. The molecule has 2 heterocycles. The van der Waals surface area contributed by atoms with Crippen LogP contribution in [0.4, 0.5) is 5.69 Å². The van der Waals surface area contributed by atoms with Crippen molar-refractivity contribution >= 4 is 27.7 Å². The maximum absolute atomic E-state index is 13.3. The normalized spacial score (nSPS) is 17.9. The van der Waals surface area contributed by atoms with E-state index in [0.717, 1.165) is 5.56 Å². The van der Waals surface area contributed by atoms with Crippen molar-refractivity contribution in [2.24, 2.45) is 5.92 Å². The van der Waals surface area contributed by atoms with Crippen LogP contribution in [0.1, 0.15) is 29.9 Å². The van der Waals surface area contributed by atoms with Crippen molar-refractivity contribution in [3.05, 3.63) is 47.5 Å². The van der Waals surface area contributed by atoms with Gasteiger partial charge in [-0.15, -0.1) is 0 Å². The number of nitrogens with one attached hydrogen (secondary N) is 1. The fraction of sp³-hybridized carbons (Fsp3) is 0.429. The van der Waals surface area contributed by atoms with E-state index in [4.69, 9.17) is 4.52 Å². The van der Waals surface area contributed by atoms with Crippen LogP contribution in [0.5, 0.6) is 0 Å². The number of aromatic nitrogens is 1. The summed E-state index contributed by atoms with van der Waals surface area (Å²) in [6.07, 6.45) is 4.53. The van der Waals surface area contributed by atoms with Crippen molar-refractivity contribution in [1.29, 1.82) is 0 Å². The molecule has 162 valence electrons. The van der Waals surface area contributed by atoms with Crippen molar-refractivity contribution in [1.82, 2.24) is 14.4 Å². The Hall–Kier alpha value is -2.65. The SMILES string of the molecule is Cc1ccc(NC(=O)[C@@H]2CCCN(S(=O)(=O)c3c(C)noc3/C=C/N(C)C)C2)cc1. The number of benzene rings is 1. The highest BCUT2D eigenvalue weighted by Gasteiger charge is 2.36. The number of hydrogen-bond donors (Lipinski definition) is 1. The monoisotopic (exact) mass is 432 g/mol. The minimum Gasteiger partial charge on any atom is -0.383 e. The van der Waals surface area contributed by atoms with Crippen molar-refractivity contribution in [3.63, 3.8) is 0 Å². The molecular formula is C21H28N4O4S. The molecule has 8 nitrogen and oxygen atoms in total. The first-order valence-electron chi connectivity index (χ1n) is 9.87. The van der Waals surface area contributed by atoms with Gasteiger partial charge in [-0.1, -0.05) is 22.9 Å². The van der Waals surface area contributed by atoms with E-state index in [1.165, 1.54) is 4.31 Å². The first-order chi connectivity index (χ1) is 14.2. The fourth-order valence-corrected chi connectivity index (χ4v) is 5.17. The molecule has 1 N–H and O–H groups in total. The summed E-state index contributed by atoms with van der Waals surface area (Å²) in [6, 6.07) is 7.53. The molecule has 1 amide bonds. The number of sulfonamides is 1. The van der Waals surface area contributed by atoms with Gasteiger partial charge in [0.15, 0.2) is 10.7 Å². The lowest BCUT2D eigenvalue weighted by Gasteiger charge is -2.31. The van der Waals surface area contributed by atoms with Gasteiger partial charge in [0.2, 0.25) is 15.9 Å². The Kier molecular flexibility index (Phi) is 6.62. The summed E-state index contributed by atoms with van der Waals surface area (Å²) in [5.74, 6) is -0.406. The molecule has 2 aromatic rings. The molecule has 3 rings (SSSR count). The van der Waals surface area contributed by atoms with Crippen molar-refractivity contribution in [3.8, 4) is 0 Å². The molecule has 1 atom stereocenters. The summed E-state index contributed by atoms with van der Waals surface area (Å²) in [5, 5.41) is 6.74. The summed E-state index contributed by atoms with van der Waals surface area (Å²) in [5.41, 5.74) is 2.11. The van der Waals surface area contributed by atoms with Crippen molar-refractivity contribution < 1.29 is 17.7 Å². The zero-order valence-corrected chi connectivity index (χ0v) is 18.6. The van der Waals surface area contributed by atoms with Crippen molar-refractivity contribution in [2.75, 3.05) is 32.5 Å². The number of rotatable bonds is 6. The zero-order chi connectivity index (χ0) is 21.9. The fourth-order valence-electron chi connectivity index (χ4n) is 3.40. The van der Waals surface area contributed by atoms with E-state index in [0.29, 0.717) is 30.8 Å². The number of carbonyl (C=O) groups excluding carboxylic acids is 1. The predicted octanol–water partition coefficient (Wildman–Crippen LogP) is 2.86. The first kappa shape index (κ1) is 22.0. The molecule has 1 aromatic carbocycles. The highest BCUT2D eigenvalue weighted by molar-refractivity contribution is 7.89. The van der Waals surface area contributed by atoms with Crippen LogP contribution < -0.4 is 5.32 Å². The second kappa shape index (κ2) is 9.01. The van der Waals surface area contributed by atoms with Crippen LogP contribution in [0.3, 0.4) is 0 Å². The maximum Gasteiger partial charge on any atom is 0.248 e. The average Bonchev–Trinajstić information content (AvgIpc) is 3.09. The Morgan fingerprint density at radius 2 is 1.97 bits per heavy atom. The predicted molar refractivity (Wildman–Crippen MR) is 115 cm³/mol. The molecule has 0 saturated carbocycles. The van der Waals surface area contributed by atoms with E-state index in [-0.39, 0.29) is 23.1 Å². The number of piperidine rings is 1. The van der Waals surface area contributed by atoms with Gasteiger partial charge in [-0.25, -0.2) is 8.42 Å². The smallest absolute Gasteiger partial charge is 0.248 e. The molecule has 1 aliphatic rings. The van der Waals surface area contributed by atoms with E-state index >= 15 is 0 Å². The van der Waals surface area contributed by atoms with Gasteiger partial charge in [-0.3, -0.25) is 4.79 Å². The molecule has 1 saturated heterocycles. The number of nitrogens with zero attached hydrogens (tertiary/aromatic N) is 3. The Labute approximate surface area is 177 Å². The standard InChI is InChI=1S/C21H28N4O4S/c1-15-7-9-18(10-8-15)22-21(26)17-6-5-12-25(14-17)30(27,28)20-16(2)23-29-19(20)11-13-24(3)4/h7-11,13,17H,5-6,12,14H2,1-4H3,(H,22,26)/b13-11+/t17-/m1/s1. The van der Waals surface area contributed by atoms with Crippen LogP contribution in [0.25, 0.3) is 6.08 Å². The summed E-state index contributed by atoms with van der Waals surface area (Å²) in [6.45, 7) is 4.07. The Morgan fingerprint density at radius 3 is 2.63 bits per heavy atom. The van der Waals surface area contributed by atoms with Crippen LogP contribution in [-0.4, -0.2) is 55.9 Å². The van der Waals surface area contributed by atoms with Gasteiger partial charge in [-0.05, 0) is 38.8 Å². The van der Waals surface area contributed by atoms with E-state index in [2.05, 4.69) is 10.5 Å². The average molecular weight is 433 g/mol. The van der Waals surface area contributed by atoms with Crippen LogP contribution in [0, 0.1) is 19.8 Å². The van der Waals surface area contributed by atoms with Crippen LogP contribution >= 0.6 is 0 Å². The molecule has 1 aliphatic heterocycles. The summed E-state index contributed by atoms with van der Waals surface area (Å²) >= 11 is 0. The lowest BCUT2D eigenvalue weighted by molar-refractivity contribution is -0.120. The van der Waals surface area contributed by atoms with Gasteiger partial charge < -0.3 is 14.7 Å². The second-order valence-corrected chi connectivity index (χ2v) is 9.67. The highest BCUT2D eigenvalue weighted by Crippen LogP contribution is 2.29. The third-order valence-corrected chi connectivity index (χ3v) is 7.05.